The van der Waals surface area contributed by atoms with Crippen LogP contribution in [0, 0.1) is 6.92 Å². The SMILES string of the molecule is Cc1cccc(CC(=O)P(=O)(O)C(=O)Cc2cccc(C(F)(F)F)c2)c1. The molecule has 0 fully saturated rings. The van der Waals surface area contributed by atoms with E-state index in [1.54, 1.807) is 31.2 Å². The van der Waals surface area contributed by atoms with Crippen molar-refractivity contribution < 1.29 is 32.2 Å². The van der Waals surface area contributed by atoms with E-state index in [9.17, 15) is 32.2 Å². The van der Waals surface area contributed by atoms with Crippen molar-refractivity contribution in [1.82, 2.24) is 0 Å². The van der Waals surface area contributed by atoms with E-state index in [0.717, 1.165) is 23.8 Å². The summed E-state index contributed by atoms with van der Waals surface area (Å²) >= 11 is 0. The zero-order chi connectivity index (χ0) is 19.5. The van der Waals surface area contributed by atoms with E-state index in [-0.39, 0.29) is 5.56 Å². The lowest BCUT2D eigenvalue weighted by atomic mass is 10.1. The number of alkyl halides is 3. The van der Waals surface area contributed by atoms with Crippen LogP contribution in [0.5, 0.6) is 0 Å². The topological polar surface area (TPSA) is 71.4 Å². The summed E-state index contributed by atoms with van der Waals surface area (Å²) in [5, 5.41) is 0. The second-order valence-corrected chi connectivity index (χ2v) is 8.05. The molecule has 0 saturated heterocycles. The summed E-state index contributed by atoms with van der Waals surface area (Å²) in [4.78, 5) is 34.1. The van der Waals surface area contributed by atoms with Gasteiger partial charge >= 0.3 is 13.5 Å². The van der Waals surface area contributed by atoms with Crippen LogP contribution in [-0.4, -0.2) is 15.9 Å². The number of aryl methyl sites for hydroxylation is 1. The standard InChI is InChI=1S/C18H16F3O4P/c1-12-4-2-5-13(8-12)10-16(22)26(24,25)17(23)11-14-6-3-7-15(9-14)18(19,20)21/h2-9H,10-11H2,1H3,(H,24,25). The maximum Gasteiger partial charge on any atom is 0.416 e. The smallest absolute Gasteiger partial charge is 0.334 e. The third-order valence-corrected chi connectivity index (χ3v) is 5.39. The monoisotopic (exact) mass is 384 g/mol. The van der Waals surface area contributed by atoms with Gasteiger partial charge < -0.3 is 4.89 Å². The Morgan fingerprint density at radius 3 is 1.96 bits per heavy atom. The molecule has 2 aromatic rings. The molecule has 1 unspecified atom stereocenters. The molecule has 0 aliphatic carbocycles. The Morgan fingerprint density at radius 2 is 1.46 bits per heavy atom. The Hall–Kier alpha value is -2.24. The first-order valence-corrected chi connectivity index (χ1v) is 9.27. The number of hydrogen-bond donors (Lipinski definition) is 1. The van der Waals surface area contributed by atoms with E-state index in [0.29, 0.717) is 5.56 Å². The number of rotatable bonds is 6. The molecule has 0 spiro atoms. The summed E-state index contributed by atoms with van der Waals surface area (Å²) in [5.74, 6) is 0. The molecule has 0 radical (unpaired) electrons. The van der Waals surface area contributed by atoms with Gasteiger partial charge in [0.1, 0.15) is 0 Å². The van der Waals surface area contributed by atoms with E-state index in [2.05, 4.69) is 0 Å². The van der Waals surface area contributed by atoms with Crippen LogP contribution in [0.1, 0.15) is 22.3 Å². The van der Waals surface area contributed by atoms with Crippen LogP contribution in [0.15, 0.2) is 48.5 Å². The van der Waals surface area contributed by atoms with Gasteiger partial charge in [0.05, 0.1) is 5.56 Å². The molecule has 1 N–H and O–H groups in total. The van der Waals surface area contributed by atoms with Crippen molar-refractivity contribution in [3.05, 3.63) is 70.8 Å². The third-order valence-electron chi connectivity index (χ3n) is 3.72. The molecule has 0 aliphatic heterocycles. The first-order chi connectivity index (χ1) is 12.0. The Balaban J connectivity index is 2.15. The largest absolute Gasteiger partial charge is 0.416 e. The van der Waals surface area contributed by atoms with Gasteiger partial charge in [-0.2, -0.15) is 13.2 Å². The van der Waals surface area contributed by atoms with Gasteiger partial charge in [-0.25, -0.2) is 0 Å². The maximum atomic E-state index is 12.7. The first kappa shape index (κ1) is 20.1. The van der Waals surface area contributed by atoms with Gasteiger partial charge in [0, 0.05) is 12.8 Å². The van der Waals surface area contributed by atoms with E-state index in [1.165, 1.54) is 6.07 Å². The van der Waals surface area contributed by atoms with Gasteiger partial charge in [-0.1, -0.05) is 48.0 Å². The van der Waals surface area contributed by atoms with Crippen LogP contribution in [0.3, 0.4) is 0 Å². The maximum absolute atomic E-state index is 12.7. The van der Waals surface area contributed by atoms with E-state index < -0.39 is 43.0 Å². The van der Waals surface area contributed by atoms with Crippen molar-refractivity contribution >= 4 is 18.4 Å². The third kappa shape index (κ3) is 4.90. The minimum atomic E-state index is -4.84. The molecule has 0 saturated carbocycles. The molecule has 0 aromatic heterocycles. The summed E-state index contributed by atoms with van der Waals surface area (Å²) < 4.78 is 50.3. The normalized spacial score (nSPS) is 13.9. The lowest BCUT2D eigenvalue weighted by Crippen LogP contribution is -2.14. The number of halogens is 3. The Morgan fingerprint density at radius 1 is 0.962 bits per heavy atom. The number of benzene rings is 2. The Bertz CT molecular complexity index is 890. The number of carbonyl (C=O) groups is 2. The fourth-order valence-corrected chi connectivity index (χ4v) is 3.45. The summed E-state index contributed by atoms with van der Waals surface area (Å²) in [6.45, 7) is 1.78. The van der Waals surface area contributed by atoms with Crippen molar-refractivity contribution in [2.24, 2.45) is 0 Å². The minimum Gasteiger partial charge on any atom is -0.334 e. The average Bonchev–Trinajstić information content (AvgIpc) is 2.54. The zero-order valence-electron chi connectivity index (χ0n) is 13.8. The summed E-state index contributed by atoms with van der Waals surface area (Å²) in [7, 11) is -4.84. The van der Waals surface area contributed by atoms with Gasteiger partial charge in [0.2, 0.25) is 11.0 Å². The number of carbonyl (C=O) groups excluding carboxylic acids is 2. The molecule has 26 heavy (non-hydrogen) atoms. The molecular weight excluding hydrogens is 368 g/mol. The molecule has 2 rings (SSSR count). The van der Waals surface area contributed by atoms with Gasteiger partial charge in [-0.05, 0) is 24.1 Å². The molecule has 8 heteroatoms. The molecule has 0 bridgehead atoms. The second kappa shape index (κ2) is 7.56. The van der Waals surface area contributed by atoms with Crippen molar-refractivity contribution in [2.45, 2.75) is 25.9 Å². The summed E-state index contributed by atoms with van der Waals surface area (Å²) in [6.07, 6.45) is -5.72. The highest BCUT2D eigenvalue weighted by Crippen LogP contribution is 2.44. The predicted octanol–water partition coefficient (Wildman–Crippen LogP) is 4.12. The lowest BCUT2D eigenvalue weighted by molar-refractivity contribution is -0.137. The zero-order valence-corrected chi connectivity index (χ0v) is 14.7. The highest BCUT2D eigenvalue weighted by Gasteiger charge is 2.37. The molecule has 4 nitrogen and oxygen atoms in total. The molecule has 0 amide bonds. The number of hydrogen-bond acceptors (Lipinski definition) is 3. The van der Waals surface area contributed by atoms with Crippen LogP contribution in [0.2, 0.25) is 0 Å². The van der Waals surface area contributed by atoms with Gasteiger partial charge in [-0.15, -0.1) is 0 Å². The van der Waals surface area contributed by atoms with Crippen LogP contribution >= 0.6 is 7.37 Å². The van der Waals surface area contributed by atoms with Crippen LogP contribution in [-0.2, 0) is 33.2 Å². The van der Waals surface area contributed by atoms with Gasteiger partial charge in [0.25, 0.3) is 0 Å². The fraction of sp³-hybridized carbons (Fsp3) is 0.222. The molecule has 0 heterocycles. The fourth-order valence-electron chi connectivity index (χ4n) is 2.38. The van der Waals surface area contributed by atoms with Crippen molar-refractivity contribution in [3.8, 4) is 0 Å². The predicted molar refractivity (Wildman–Crippen MR) is 89.9 cm³/mol. The lowest BCUT2D eigenvalue weighted by Gasteiger charge is -2.11. The minimum absolute atomic E-state index is 0.0811. The molecule has 2 aromatic carbocycles. The van der Waals surface area contributed by atoms with Crippen molar-refractivity contribution in [2.75, 3.05) is 0 Å². The Kier molecular flexibility index (Phi) is 5.84. The molecule has 1 atom stereocenters. The van der Waals surface area contributed by atoms with E-state index in [4.69, 9.17) is 0 Å². The average molecular weight is 384 g/mol. The van der Waals surface area contributed by atoms with Crippen LogP contribution in [0.4, 0.5) is 13.2 Å². The Labute approximate surface area is 148 Å². The van der Waals surface area contributed by atoms with Crippen LogP contribution < -0.4 is 0 Å². The molecular formula is C18H16F3O4P. The summed E-state index contributed by atoms with van der Waals surface area (Å²) in [5.41, 5.74) is -2.15. The summed E-state index contributed by atoms with van der Waals surface area (Å²) in [6, 6.07) is 10.6. The first-order valence-electron chi connectivity index (χ1n) is 7.61. The second-order valence-electron chi connectivity index (χ2n) is 5.90. The molecule has 0 aliphatic rings. The van der Waals surface area contributed by atoms with Gasteiger partial charge in [-0.3, -0.25) is 14.2 Å². The highest BCUT2D eigenvalue weighted by molar-refractivity contribution is 7.89. The quantitative estimate of drug-likeness (QED) is 0.761. The van der Waals surface area contributed by atoms with Crippen molar-refractivity contribution in [3.63, 3.8) is 0 Å². The van der Waals surface area contributed by atoms with Gasteiger partial charge in [0.15, 0.2) is 0 Å². The van der Waals surface area contributed by atoms with E-state index in [1.807, 2.05) is 0 Å². The van der Waals surface area contributed by atoms with Crippen LogP contribution in [0.25, 0.3) is 0 Å². The van der Waals surface area contributed by atoms with Crippen molar-refractivity contribution in [1.29, 1.82) is 0 Å². The highest BCUT2D eigenvalue weighted by atomic mass is 31.2. The molecule has 138 valence electrons. The van der Waals surface area contributed by atoms with E-state index >= 15 is 0 Å².